The highest BCUT2D eigenvalue weighted by Crippen LogP contribution is 2.20. The van der Waals surface area contributed by atoms with Gasteiger partial charge in [0.2, 0.25) is 0 Å². The Morgan fingerprint density at radius 3 is 2.14 bits per heavy atom. The number of nitrogen functional groups attached to an aromatic ring is 1. The number of nitrogens with zero attached hydrogens (tertiary/aromatic N) is 5. The number of aromatic amines is 1. The quantitative estimate of drug-likeness (QED) is 0.547. The Morgan fingerprint density at radius 1 is 0.964 bits per heavy atom. The molecule has 4 aromatic rings. The van der Waals surface area contributed by atoms with Crippen LogP contribution >= 0.6 is 0 Å². The Balaban J connectivity index is 0.000000194. The third-order valence-electron chi connectivity index (χ3n) is 4.35. The van der Waals surface area contributed by atoms with Crippen molar-refractivity contribution < 1.29 is 0 Å². The second kappa shape index (κ2) is 8.24. The Bertz CT molecular complexity index is 1130. The molecule has 0 saturated heterocycles. The topological polar surface area (TPSA) is 107 Å². The zero-order valence-electron chi connectivity index (χ0n) is 16.3. The maximum absolute atomic E-state index is 11.5. The number of rotatable bonds is 2. The molecular weight excluding hydrogens is 354 g/mol. The number of nitrogens with one attached hydrogen (secondary N) is 1. The number of H-pyrrole nitrogens is 1. The van der Waals surface area contributed by atoms with Crippen molar-refractivity contribution >= 4 is 27.9 Å². The number of nitrogens with two attached hydrogens (primary N) is 1. The van der Waals surface area contributed by atoms with E-state index in [1.807, 2.05) is 23.0 Å². The molecule has 28 heavy (non-hydrogen) atoms. The standard InChI is InChI=1S/C10H13N3O.C9H12N4.CH4/c1-6(2)13-5-4-8-9(13)11-7(3)12-10(8)14;1-6(2)13-4-3-7-8(10)11-5-12-9(7)13;/h4-6H,1-3H3,(H,11,12,14);3-6H,1-2H3,(H2,10,11,12);1H4. The van der Waals surface area contributed by atoms with E-state index in [1.165, 1.54) is 6.33 Å². The average Bonchev–Trinajstić information content (AvgIpc) is 3.20. The summed E-state index contributed by atoms with van der Waals surface area (Å²) in [4.78, 5) is 26.7. The lowest BCUT2D eigenvalue weighted by atomic mass is 10.4. The van der Waals surface area contributed by atoms with Gasteiger partial charge in [0, 0.05) is 24.5 Å². The lowest BCUT2D eigenvalue weighted by Gasteiger charge is -2.07. The molecule has 0 atom stereocenters. The fraction of sp³-hybridized carbons (Fsp3) is 0.400. The first-order valence-corrected chi connectivity index (χ1v) is 8.94. The van der Waals surface area contributed by atoms with Crippen molar-refractivity contribution in [2.45, 2.75) is 54.1 Å². The number of aryl methyl sites for hydroxylation is 1. The molecule has 0 aliphatic carbocycles. The average molecular weight is 384 g/mol. The van der Waals surface area contributed by atoms with Crippen LogP contribution in [0.5, 0.6) is 0 Å². The second-order valence-electron chi connectivity index (χ2n) is 7.02. The number of hydrogen-bond donors (Lipinski definition) is 2. The van der Waals surface area contributed by atoms with Crippen LogP contribution in [0, 0.1) is 6.92 Å². The molecule has 0 amide bonds. The maximum Gasteiger partial charge on any atom is 0.260 e. The van der Waals surface area contributed by atoms with Crippen LogP contribution in [0.25, 0.3) is 22.1 Å². The molecule has 4 heterocycles. The van der Waals surface area contributed by atoms with Gasteiger partial charge >= 0.3 is 0 Å². The molecule has 0 aliphatic heterocycles. The Hall–Kier alpha value is -3.16. The van der Waals surface area contributed by atoms with Crippen molar-refractivity contribution in [1.29, 1.82) is 0 Å². The van der Waals surface area contributed by atoms with Crippen molar-refractivity contribution in [2.24, 2.45) is 0 Å². The third-order valence-corrected chi connectivity index (χ3v) is 4.35. The van der Waals surface area contributed by atoms with E-state index < -0.39 is 0 Å². The number of fused-ring (bicyclic) bond motifs is 2. The molecule has 0 bridgehead atoms. The summed E-state index contributed by atoms with van der Waals surface area (Å²) in [5.41, 5.74) is 7.31. The molecule has 8 nitrogen and oxygen atoms in total. The molecule has 4 aromatic heterocycles. The molecule has 0 spiro atoms. The summed E-state index contributed by atoms with van der Waals surface area (Å²) >= 11 is 0. The van der Waals surface area contributed by atoms with E-state index in [0.717, 1.165) is 16.7 Å². The van der Waals surface area contributed by atoms with Crippen LogP contribution in [-0.4, -0.2) is 29.1 Å². The van der Waals surface area contributed by atoms with E-state index in [2.05, 4.69) is 52.2 Å². The minimum Gasteiger partial charge on any atom is -0.383 e. The minimum absolute atomic E-state index is 0. The fourth-order valence-corrected chi connectivity index (χ4v) is 2.98. The summed E-state index contributed by atoms with van der Waals surface area (Å²) in [6.45, 7) is 10.1. The number of aromatic nitrogens is 6. The van der Waals surface area contributed by atoms with E-state index in [-0.39, 0.29) is 13.0 Å². The van der Waals surface area contributed by atoms with Crippen LogP contribution in [0.3, 0.4) is 0 Å². The van der Waals surface area contributed by atoms with E-state index >= 15 is 0 Å². The predicted molar refractivity (Wildman–Crippen MR) is 115 cm³/mol. The first-order chi connectivity index (χ1) is 12.8. The summed E-state index contributed by atoms with van der Waals surface area (Å²) in [5, 5.41) is 1.58. The monoisotopic (exact) mass is 383 g/mol. The zero-order chi connectivity index (χ0) is 19.7. The Kier molecular flexibility index (Phi) is 6.23. The van der Waals surface area contributed by atoms with Gasteiger partial charge in [-0.15, -0.1) is 0 Å². The minimum atomic E-state index is -0.0631. The summed E-state index contributed by atoms with van der Waals surface area (Å²) in [7, 11) is 0. The molecule has 0 aliphatic rings. The molecule has 0 radical (unpaired) electrons. The van der Waals surface area contributed by atoms with Crippen LogP contribution in [0.1, 0.15) is 53.0 Å². The van der Waals surface area contributed by atoms with Crippen LogP contribution < -0.4 is 11.3 Å². The van der Waals surface area contributed by atoms with Gasteiger partial charge in [-0.25, -0.2) is 15.0 Å². The van der Waals surface area contributed by atoms with Gasteiger partial charge < -0.3 is 19.9 Å². The third kappa shape index (κ3) is 3.90. The van der Waals surface area contributed by atoms with Crippen LogP contribution in [-0.2, 0) is 0 Å². The van der Waals surface area contributed by atoms with E-state index in [4.69, 9.17) is 5.73 Å². The molecule has 8 heteroatoms. The van der Waals surface area contributed by atoms with Gasteiger partial charge in [0.05, 0.1) is 10.8 Å². The molecule has 0 fully saturated rings. The van der Waals surface area contributed by atoms with Crippen molar-refractivity contribution in [3.05, 3.63) is 47.0 Å². The lowest BCUT2D eigenvalue weighted by Crippen LogP contribution is -2.10. The first kappa shape index (κ1) is 21.1. The van der Waals surface area contributed by atoms with Crippen LogP contribution in [0.2, 0.25) is 0 Å². The van der Waals surface area contributed by atoms with Gasteiger partial charge in [-0.05, 0) is 46.8 Å². The van der Waals surface area contributed by atoms with E-state index in [9.17, 15) is 4.79 Å². The fourth-order valence-electron chi connectivity index (χ4n) is 2.98. The second-order valence-corrected chi connectivity index (χ2v) is 7.02. The highest BCUT2D eigenvalue weighted by atomic mass is 16.1. The van der Waals surface area contributed by atoms with Gasteiger partial charge in [0.25, 0.3) is 5.56 Å². The van der Waals surface area contributed by atoms with Crippen molar-refractivity contribution in [3.63, 3.8) is 0 Å². The summed E-state index contributed by atoms with van der Waals surface area (Å²) < 4.78 is 4.07. The molecule has 3 N–H and O–H groups in total. The van der Waals surface area contributed by atoms with Gasteiger partial charge in [-0.1, -0.05) is 7.43 Å². The van der Waals surface area contributed by atoms with Gasteiger partial charge in [-0.3, -0.25) is 4.79 Å². The SMILES string of the molecule is C.CC(C)n1ccc2c(N)ncnc21.Cc1nc2c(ccn2C(C)C)c(=O)[nH]1. The van der Waals surface area contributed by atoms with Crippen LogP contribution in [0.15, 0.2) is 35.6 Å². The van der Waals surface area contributed by atoms with Gasteiger partial charge in [0.1, 0.15) is 29.3 Å². The molecule has 0 saturated carbocycles. The first-order valence-electron chi connectivity index (χ1n) is 8.94. The molecule has 0 unspecified atom stereocenters. The normalized spacial score (nSPS) is 11.0. The predicted octanol–water partition coefficient (Wildman–Crippen LogP) is 3.84. The van der Waals surface area contributed by atoms with Gasteiger partial charge in [0.15, 0.2) is 0 Å². The van der Waals surface area contributed by atoms with Gasteiger partial charge in [-0.2, -0.15) is 0 Å². The molecule has 4 rings (SSSR count). The Labute approximate surface area is 164 Å². The molecular formula is C20H29N7O. The van der Waals surface area contributed by atoms with Crippen molar-refractivity contribution in [2.75, 3.05) is 5.73 Å². The van der Waals surface area contributed by atoms with Crippen LogP contribution in [0.4, 0.5) is 5.82 Å². The number of anilines is 1. The molecule has 150 valence electrons. The summed E-state index contributed by atoms with van der Waals surface area (Å²) in [6.07, 6.45) is 5.38. The van der Waals surface area contributed by atoms with Crippen molar-refractivity contribution in [3.8, 4) is 0 Å². The van der Waals surface area contributed by atoms with E-state index in [1.54, 1.807) is 13.0 Å². The maximum atomic E-state index is 11.5. The lowest BCUT2D eigenvalue weighted by molar-refractivity contribution is 0.617. The highest BCUT2D eigenvalue weighted by molar-refractivity contribution is 5.86. The highest BCUT2D eigenvalue weighted by Gasteiger charge is 2.09. The summed E-state index contributed by atoms with van der Waals surface area (Å²) in [6, 6.07) is 4.47. The van der Waals surface area contributed by atoms with Crippen molar-refractivity contribution in [1.82, 2.24) is 29.1 Å². The zero-order valence-corrected chi connectivity index (χ0v) is 16.3. The van der Waals surface area contributed by atoms with E-state index in [0.29, 0.717) is 29.1 Å². The Morgan fingerprint density at radius 2 is 1.54 bits per heavy atom. The number of hydrogen-bond acceptors (Lipinski definition) is 5. The smallest absolute Gasteiger partial charge is 0.260 e. The molecule has 0 aromatic carbocycles. The summed E-state index contributed by atoms with van der Waals surface area (Å²) in [5.74, 6) is 1.20. The largest absolute Gasteiger partial charge is 0.383 e.